The van der Waals surface area contributed by atoms with Crippen molar-refractivity contribution in [1.82, 2.24) is 9.80 Å². The van der Waals surface area contributed by atoms with Crippen LogP contribution in [-0.2, 0) is 0 Å². The van der Waals surface area contributed by atoms with E-state index in [-0.39, 0.29) is 29.7 Å². The third-order valence-electron chi connectivity index (χ3n) is 4.69. The number of hydrogen-bond acceptors (Lipinski definition) is 5. The molecule has 0 bridgehead atoms. The number of nitrogens with one attached hydrogen (secondary N) is 1. The molecule has 0 saturated carbocycles. The lowest BCUT2D eigenvalue weighted by Gasteiger charge is -2.44. The topological polar surface area (TPSA) is 116 Å². The van der Waals surface area contributed by atoms with Crippen molar-refractivity contribution in [3.8, 4) is 0 Å². The fourth-order valence-electron chi connectivity index (χ4n) is 3.55. The van der Waals surface area contributed by atoms with Crippen LogP contribution in [0.4, 0.5) is 16.2 Å². The number of nitro benzene ring substituents is 1. The van der Waals surface area contributed by atoms with Crippen molar-refractivity contribution in [2.75, 3.05) is 25.5 Å². The van der Waals surface area contributed by atoms with E-state index in [0.717, 1.165) is 0 Å². The first kappa shape index (κ1) is 20.5. The Morgan fingerprint density at radius 2 is 2.04 bits per heavy atom. The minimum atomic E-state index is -1.02. The van der Waals surface area contributed by atoms with Crippen LogP contribution in [0.1, 0.15) is 44.0 Å². The lowest BCUT2D eigenvalue weighted by atomic mass is 9.97. The van der Waals surface area contributed by atoms with Gasteiger partial charge in [0, 0.05) is 37.3 Å². The van der Waals surface area contributed by atoms with Gasteiger partial charge < -0.3 is 15.3 Å². The summed E-state index contributed by atoms with van der Waals surface area (Å²) in [7, 11) is 1.58. The van der Waals surface area contributed by atoms with Gasteiger partial charge >= 0.3 is 6.09 Å². The molecule has 2 N–H and O–H groups in total. The number of hydrogen-bond donors (Lipinski definition) is 2. The molecule has 148 valence electrons. The number of benzene rings is 1. The zero-order chi connectivity index (χ0) is 20.4. The minimum absolute atomic E-state index is 0.168. The van der Waals surface area contributed by atoms with Crippen LogP contribution in [0.25, 0.3) is 0 Å². The van der Waals surface area contributed by atoms with Gasteiger partial charge in [0.15, 0.2) is 0 Å². The quantitative estimate of drug-likeness (QED) is 0.614. The molecule has 1 aliphatic heterocycles. The van der Waals surface area contributed by atoms with Gasteiger partial charge in [-0.2, -0.15) is 0 Å². The molecule has 0 radical (unpaired) electrons. The summed E-state index contributed by atoms with van der Waals surface area (Å²) >= 11 is 0. The minimum Gasteiger partial charge on any atom is -0.465 e. The highest BCUT2D eigenvalue weighted by molar-refractivity contribution is 5.96. The Hall–Kier alpha value is -2.84. The monoisotopic (exact) mass is 378 g/mol. The van der Waals surface area contributed by atoms with E-state index >= 15 is 0 Å². The van der Waals surface area contributed by atoms with E-state index in [4.69, 9.17) is 0 Å². The Bertz CT molecular complexity index is 744. The van der Waals surface area contributed by atoms with Crippen LogP contribution in [0.3, 0.4) is 0 Å². The van der Waals surface area contributed by atoms with Crippen molar-refractivity contribution in [2.24, 2.45) is 0 Å². The third-order valence-corrected chi connectivity index (χ3v) is 4.69. The second-order valence-electron chi connectivity index (χ2n) is 7.61. The molecule has 9 heteroatoms. The van der Waals surface area contributed by atoms with E-state index in [0.29, 0.717) is 25.1 Å². The standard InChI is InChI=1S/C18H26N4O5/c1-18(2,3)21(17(24)25)13-6-5-9-20(11-13)16(23)12-7-8-14(19-4)15(10-12)22(26)27/h7-8,10,13,19H,5-6,9,11H2,1-4H3,(H,24,25)/t13-/m1/s1. The lowest BCUT2D eigenvalue weighted by molar-refractivity contribution is -0.384. The van der Waals surface area contributed by atoms with Gasteiger partial charge in [-0.05, 0) is 45.7 Å². The zero-order valence-corrected chi connectivity index (χ0v) is 16.1. The number of likely N-dealkylation sites (tertiary alicyclic amines) is 1. The Morgan fingerprint density at radius 1 is 1.37 bits per heavy atom. The van der Waals surface area contributed by atoms with Gasteiger partial charge in [0.05, 0.1) is 11.0 Å². The van der Waals surface area contributed by atoms with Crippen LogP contribution in [0.5, 0.6) is 0 Å². The smallest absolute Gasteiger partial charge is 0.408 e. The largest absolute Gasteiger partial charge is 0.465 e. The molecule has 1 aromatic carbocycles. The fourth-order valence-corrected chi connectivity index (χ4v) is 3.55. The maximum atomic E-state index is 12.9. The Morgan fingerprint density at radius 3 is 2.56 bits per heavy atom. The summed E-state index contributed by atoms with van der Waals surface area (Å²) < 4.78 is 0. The Labute approximate surface area is 158 Å². The number of rotatable bonds is 4. The molecule has 1 fully saturated rings. The number of anilines is 1. The Kier molecular flexibility index (Phi) is 5.92. The number of piperidine rings is 1. The summed E-state index contributed by atoms with van der Waals surface area (Å²) in [4.78, 5) is 38.3. The predicted molar refractivity (Wildman–Crippen MR) is 101 cm³/mol. The summed E-state index contributed by atoms with van der Waals surface area (Å²) in [5, 5.41) is 23.6. The molecule has 0 unspecified atom stereocenters. The number of carbonyl (C=O) groups is 2. The van der Waals surface area contributed by atoms with Crippen LogP contribution >= 0.6 is 0 Å². The first-order chi connectivity index (χ1) is 12.6. The molecule has 27 heavy (non-hydrogen) atoms. The van der Waals surface area contributed by atoms with Crippen LogP contribution in [0.15, 0.2) is 18.2 Å². The SMILES string of the molecule is CNc1ccc(C(=O)N2CCC[C@@H](N(C(=O)O)C(C)(C)C)C2)cc1[N+](=O)[O-]. The average molecular weight is 378 g/mol. The molecule has 0 aliphatic carbocycles. The molecule has 9 nitrogen and oxygen atoms in total. The van der Waals surface area contributed by atoms with Gasteiger partial charge in [-0.3, -0.25) is 19.8 Å². The van der Waals surface area contributed by atoms with Gasteiger partial charge in [0.25, 0.3) is 11.6 Å². The summed E-state index contributed by atoms with van der Waals surface area (Å²) in [6, 6.07) is 4.00. The molecule has 1 heterocycles. The second-order valence-corrected chi connectivity index (χ2v) is 7.61. The van der Waals surface area contributed by atoms with E-state index in [9.17, 15) is 24.8 Å². The maximum Gasteiger partial charge on any atom is 0.408 e. The van der Waals surface area contributed by atoms with Gasteiger partial charge in [-0.15, -0.1) is 0 Å². The van der Waals surface area contributed by atoms with Crippen LogP contribution in [0.2, 0.25) is 0 Å². The molecular weight excluding hydrogens is 352 g/mol. The van der Waals surface area contributed by atoms with E-state index in [1.54, 1.807) is 18.0 Å². The summed E-state index contributed by atoms with van der Waals surface area (Å²) in [6.45, 7) is 6.23. The number of nitro groups is 1. The summed E-state index contributed by atoms with van der Waals surface area (Å²) in [5.74, 6) is -0.329. The number of amides is 2. The average Bonchev–Trinajstić information content (AvgIpc) is 2.59. The highest BCUT2D eigenvalue weighted by atomic mass is 16.6. The van der Waals surface area contributed by atoms with Crippen molar-refractivity contribution in [3.05, 3.63) is 33.9 Å². The number of carboxylic acid groups (broad SMARTS) is 1. The Balaban J connectivity index is 2.25. The van der Waals surface area contributed by atoms with Crippen molar-refractivity contribution < 1.29 is 19.6 Å². The maximum absolute atomic E-state index is 12.9. The molecular formula is C18H26N4O5. The third kappa shape index (κ3) is 4.47. The summed E-state index contributed by atoms with van der Waals surface area (Å²) in [6.07, 6.45) is 0.329. The predicted octanol–water partition coefficient (Wildman–Crippen LogP) is 3.02. The molecule has 1 saturated heterocycles. The van der Waals surface area contributed by atoms with Crippen LogP contribution < -0.4 is 5.32 Å². The molecule has 0 aromatic heterocycles. The van der Waals surface area contributed by atoms with E-state index in [1.165, 1.54) is 17.0 Å². The molecule has 1 aliphatic rings. The van der Waals surface area contributed by atoms with Gasteiger partial charge in [0.1, 0.15) is 5.69 Å². The molecule has 2 amide bonds. The first-order valence-electron chi connectivity index (χ1n) is 8.84. The molecule has 1 atom stereocenters. The zero-order valence-electron chi connectivity index (χ0n) is 16.1. The highest BCUT2D eigenvalue weighted by Gasteiger charge is 2.37. The highest BCUT2D eigenvalue weighted by Crippen LogP contribution is 2.28. The summed E-state index contributed by atoms with van der Waals surface area (Å²) in [5.41, 5.74) is -0.203. The van der Waals surface area contributed by atoms with Gasteiger partial charge in [-0.25, -0.2) is 4.79 Å². The molecule has 1 aromatic rings. The lowest BCUT2D eigenvalue weighted by Crippen LogP contribution is -2.57. The molecule has 0 spiro atoms. The van der Waals surface area contributed by atoms with Crippen LogP contribution in [0, 0.1) is 10.1 Å². The van der Waals surface area contributed by atoms with Gasteiger partial charge in [-0.1, -0.05) is 0 Å². The van der Waals surface area contributed by atoms with E-state index in [1.807, 2.05) is 20.8 Å². The van der Waals surface area contributed by atoms with E-state index < -0.39 is 16.6 Å². The van der Waals surface area contributed by atoms with Crippen molar-refractivity contribution in [3.63, 3.8) is 0 Å². The fraction of sp³-hybridized carbons (Fsp3) is 0.556. The van der Waals surface area contributed by atoms with Crippen molar-refractivity contribution >= 4 is 23.4 Å². The number of nitrogens with zero attached hydrogens (tertiary/aromatic N) is 3. The number of carbonyl (C=O) groups excluding carboxylic acids is 1. The second kappa shape index (κ2) is 7.81. The first-order valence-corrected chi connectivity index (χ1v) is 8.84. The molecule has 2 rings (SSSR count). The van der Waals surface area contributed by atoms with Gasteiger partial charge in [0.2, 0.25) is 0 Å². The van der Waals surface area contributed by atoms with Crippen LogP contribution in [-0.4, -0.2) is 63.5 Å². The normalized spacial score (nSPS) is 17.3. The van der Waals surface area contributed by atoms with Crippen molar-refractivity contribution in [2.45, 2.75) is 45.2 Å². The van der Waals surface area contributed by atoms with E-state index in [2.05, 4.69) is 5.32 Å². The van der Waals surface area contributed by atoms with Crippen molar-refractivity contribution in [1.29, 1.82) is 0 Å².